The third-order valence-electron chi connectivity index (χ3n) is 4.13. The SMILES string of the molecule is Cc1ccc(S(=O)(=O)C2CC(C)(C)CCC2N)cc1. The molecule has 4 heteroatoms. The van der Waals surface area contributed by atoms with Crippen LogP contribution in [0, 0.1) is 12.3 Å². The van der Waals surface area contributed by atoms with Gasteiger partial charge in [0.1, 0.15) is 0 Å². The summed E-state index contributed by atoms with van der Waals surface area (Å²) in [5.41, 5.74) is 7.19. The van der Waals surface area contributed by atoms with Gasteiger partial charge in [-0.2, -0.15) is 0 Å². The zero-order valence-corrected chi connectivity index (χ0v) is 12.7. The zero-order valence-electron chi connectivity index (χ0n) is 11.9. The molecule has 0 aromatic heterocycles. The second-order valence-corrected chi connectivity index (χ2v) is 8.63. The number of nitrogens with two attached hydrogens (primary N) is 1. The van der Waals surface area contributed by atoms with Gasteiger partial charge in [0.2, 0.25) is 0 Å². The van der Waals surface area contributed by atoms with Gasteiger partial charge in [-0.3, -0.25) is 0 Å². The quantitative estimate of drug-likeness (QED) is 0.906. The summed E-state index contributed by atoms with van der Waals surface area (Å²) < 4.78 is 25.4. The number of benzene rings is 1. The second kappa shape index (κ2) is 4.91. The van der Waals surface area contributed by atoms with Crippen LogP contribution in [0.5, 0.6) is 0 Å². The van der Waals surface area contributed by atoms with Crippen molar-refractivity contribution in [3.8, 4) is 0 Å². The molecule has 2 N–H and O–H groups in total. The molecule has 2 unspecified atom stereocenters. The lowest BCUT2D eigenvalue weighted by Crippen LogP contribution is -2.47. The molecule has 1 fully saturated rings. The van der Waals surface area contributed by atoms with Crippen molar-refractivity contribution >= 4 is 9.84 Å². The van der Waals surface area contributed by atoms with E-state index in [0.29, 0.717) is 11.3 Å². The molecule has 0 bridgehead atoms. The average molecular weight is 281 g/mol. The van der Waals surface area contributed by atoms with Gasteiger partial charge in [-0.05, 0) is 43.7 Å². The summed E-state index contributed by atoms with van der Waals surface area (Å²) in [5.74, 6) is 0. The molecule has 0 radical (unpaired) electrons. The Balaban J connectivity index is 2.35. The molecule has 1 aromatic rings. The molecule has 0 spiro atoms. The van der Waals surface area contributed by atoms with Crippen molar-refractivity contribution in [3.05, 3.63) is 29.8 Å². The van der Waals surface area contributed by atoms with E-state index < -0.39 is 15.1 Å². The minimum Gasteiger partial charge on any atom is -0.327 e. The van der Waals surface area contributed by atoms with Gasteiger partial charge < -0.3 is 5.73 Å². The molecule has 19 heavy (non-hydrogen) atoms. The Kier molecular flexibility index (Phi) is 3.76. The summed E-state index contributed by atoms with van der Waals surface area (Å²) in [6, 6.07) is 6.82. The Labute approximate surface area is 116 Å². The summed E-state index contributed by atoms with van der Waals surface area (Å²) in [6.07, 6.45) is 2.42. The van der Waals surface area contributed by atoms with E-state index in [4.69, 9.17) is 5.73 Å². The van der Waals surface area contributed by atoms with Crippen LogP contribution in [0.4, 0.5) is 0 Å². The molecular weight excluding hydrogens is 258 g/mol. The number of aryl methyl sites for hydroxylation is 1. The molecule has 2 rings (SSSR count). The van der Waals surface area contributed by atoms with Gasteiger partial charge in [0.25, 0.3) is 0 Å². The lowest BCUT2D eigenvalue weighted by molar-refractivity contribution is 0.227. The fourth-order valence-electron chi connectivity index (χ4n) is 2.78. The highest BCUT2D eigenvalue weighted by Gasteiger charge is 2.41. The van der Waals surface area contributed by atoms with Gasteiger partial charge in [-0.25, -0.2) is 8.42 Å². The molecule has 1 aliphatic rings. The standard InChI is InChI=1S/C15H23NO2S/c1-11-4-6-12(7-5-11)19(17,18)14-10-15(2,3)9-8-13(14)16/h4-7,13-14H,8-10,16H2,1-3H3. The summed E-state index contributed by atoms with van der Waals surface area (Å²) >= 11 is 0. The fourth-order valence-corrected chi connectivity index (χ4v) is 4.92. The van der Waals surface area contributed by atoms with Gasteiger partial charge in [0.15, 0.2) is 9.84 Å². The molecule has 106 valence electrons. The van der Waals surface area contributed by atoms with E-state index >= 15 is 0 Å². The first-order valence-corrected chi connectivity index (χ1v) is 8.33. The van der Waals surface area contributed by atoms with Crippen LogP contribution in [-0.4, -0.2) is 19.7 Å². The van der Waals surface area contributed by atoms with Crippen LogP contribution in [0.25, 0.3) is 0 Å². The molecule has 2 atom stereocenters. The Hall–Kier alpha value is -0.870. The van der Waals surface area contributed by atoms with E-state index in [9.17, 15) is 8.42 Å². The lowest BCUT2D eigenvalue weighted by Gasteiger charge is -2.38. The zero-order chi connectivity index (χ0) is 14.3. The van der Waals surface area contributed by atoms with Crippen LogP contribution < -0.4 is 5.73 Å². The first-order chi connectivity index (χ1) is 8.72. The monoisotopic (exact) mass is 281 g/mol. The number of hydrogen-bond donors (Lipinski definition) is 1. The molecule has 1 aliphatic carbocycles. The first kappa shape index (κ1) is 14.5. The van der Waals surface area contributed by atoms with Crippen LogP contribution in [0.1, 0.15) is 38.7 Å². The van der Waals surface area contributed by atoms with E-state index in [1.165, 1.54) is 0 Å². The summed E-state index contributed by atoms with van der Waals surface area (Å²) in [7, 11) is -3.32. The van der Waals surface area contributed by atoms with Crippen molar-refractivity contribution in [2.45, 2.75) is 56.2 Å². The minimum atomic E-state index is -3.32. The maximum Gasteiger partial charge on any atom is 0.182 e. The normalized spacial score (nSPS) is 27.2. The second-order valence-electron chi connectivity index (χ2n) is 6.47. The van der Waals surface area contributed by atoms with Crippen molar-refractivity contribution in [1.29, 1.82) is 0 Å². The fraction of sp³-hybridized carbons (Fsp3) is 0.600. The van der Waals surface area contributed by atoms with Crippen molar-refractivity contribution < 1.29 is 8.42 Å². The largest absolute Gasteiger partial charge is 0.327 e. The van der Waals surface area contributed by atoms with E-state index in [0.717, 1.165) is 18.4 Å². The number of rotatable bonds is 2. The Morgan fingerprint density at radius 2 is 1.79 bits per heavy atom. The minimum absolute atomic E-state index is 0.0539. The van der Waals surface area contributed by atoms with Gasteiger partial charge in [0, 0.05) is 6.04 Å². The molecule has 0 amide bonds. The van der Waals surface area contributed by atoms with Gasteiger partial charge in [-0.15, -0.1) is 0 Å². The van der Waals surface area contributed by atoms with Crippen molar-refractivity contribution in [1.82, 2.24) is 0 Å². The predicted molar refractivity (Wildman–Crippen MR) is 77.8 cm³/mol. The molecular formula is C15H23NO2S. The third kappa shape index (κ3) is 3.00. The molecule has 1 saturated carbocycles. The van der Waals surface area contributed by atoms with Gasteiger partial charge >= 0.3 is 0 Å². The Morgan fingerprint density at radius 1 is 1.21 bits per heavy atom. The highest BCUT2D eigenvalue weighted by molar-refractivity contribution is 7.92. The Morgan fingerprint density at radius 3 is 2.37 bits per heavy atom. The van der Waals surface area contributed by atoms with Crippen LogP contribution in [0.2, 0.25) is 0 Å². The van der Waals surface area contributed by atoms with Crippen molar-refractivity contribution in [2.75, 3.05) is 0 Å². The molecule has 3 nitrogen and oxygen atoms in total. The van der Waals surface area contributed by atoms with Crippen molar-refractivity contribution in [3.63, 3.8) is 0 Å². The van der Waals surface area contributed by atoms with Crippen LogP contribution in [-0.2, 0) is 9.84 Å². The van der Waals surface area contributed by atoms with E-state index in [1.54, 1.807) is 12.1 Å². The topological polar surface area (TPSA) is 60.2 Å². The maximum absolute atomic E-state index is 12.7. The summed E-state index contributed by atoms with van der Waals surface area (Å²) in [5, 5.41) is -0.459. The van der Waals surface area contributed by atoms with Gasteiger partial charge in [0.05, 0.1) is 10.1 Å². The molecule has 0 aliphatic heterocycles. The van der Waals surface area contributed by atoms with E-state index in [-0.39, 0.29) is 11.5 Å². The van der Waals surface area contributed by atoms with Crippen molar-refractivity contribution in [2.24, 2.45) is 11.1 Å². The summed E-state index contributed by atoms with van der Waals surface area (Å²) in [4.78, 5) is 0.399. The van der Waals surface area contributed by atoms with Crippen LogP contribution in [0.15, 0.2) is 29.2 Å². The number of hydrogen-bond acceptors (Lipinski definition) is 3. The predicted octanol–water partition coefficient (Wildman–Crippen LogP) is 2.67. The number of sulfone groups is 1. The van der Waals surface area contributed by atoms with Crippen LogP contribution in [0.3, 0.4) is 0 Å². The van der Waals surface area contributed by atoms with Crippen LogP contribution >= 0.6 is 0 Å². The molecule has 0 saturated heterocycles. The third-order valence-corrected chi connectivity index (χ3v) is 6.38. The van der Waals surface area contributed by atoms with E-state index in [2.05, 4.69) is 13.8 Å². The van der Waals surface area contributed by atoms with E-state index in [1.807, 2.05) is 19.1 Å². The maximum atomic E-state index is 12.7. The lowest BCUT2D eigenvalue weighted by atomic mass is 9.75. The Bertz CT molecular complexity index is 546. The smallest absolute Gasteiger partial charge is 0.182 e. The first-order valence-electron chi connectivity index (χ1n) is 6.78. The molecule has 1 aromatic carbocycles. The average Bonchev–Trinajstić information content (AvgIpc) is 2.33. The summed E-state index contributed by atoms with van der Waals surface area (Å²) in [6.45, 7) is 6.19. The highest BCUT2D eigenvalue weighted by Crippen LogP contribution is 2.39. The van der Waals surface area contributed by atoms with Gasteiger partial charge in [-0.1, -0.05) is 31.5 Å². The molecule has 0 heterocycles. The highest BCUT2D eigenvalue weighted by atomic mass is 32.2.